The van der Waals surface area contributed by atoms with Crippen LogP contribution in [-0.2, 0) is 13.0 Å². The molecular weight excluding hydrogens is 312 g/mol. The van der Waals surface area contributed by atoms with E-state index in [-0.39, 0.29) is 24.1 Å². The van der Waals surface area contributed by atoms with Gasteiger partial charge in [-0.25, -0.2) is 0 Å². The number of anilines is 1. The number of nitrogens with one attached hydrogen (secondary N) is 1. The smallest absolute Gasteiger partial charge is 0.311 e. The third-order valence-electron chi connectivity index (χ3n) is 4.29. The molecule has 128 valence electrons. The molecule has 0 saturated heterocycles. The van der Waals surface area contributed by atoms with E-state index >= 15 is 0 Å². The highest BCUT2D eigenvalue weighted by atomic mass is 16.6. The molecule has 2 aromatic rings. The van der Waals surface area contributed by atoms with Crippen molar-refractivity contribution in [2.75, 3.05) is 19.0 Å². The van der Waals surface area contributed by atoms with Gasteiger partial charge in [0.1, 0.15) is 0 Å². The number of methoxy groups -OCH3 is 1. The summed E-state index contributed by atoms with van der Waals surface area (Å²) in [7, 11) is 1.42. The summed E-state index contributed by atoms with van der Waals surface area (Å²) < 4.78 is 6.96. The van der Waals surface area contributed by atoms with Crippen LogP contribution in [0.25, 0.3) is 0 Å². The van der Waals surface area contributed by atoms with E-state index in [4.69, 9.17) is 9.84 Å². The van der Waals surface area contributed by atoms with E-state index in [1.165, 1.54) is 13.2 Å². The number of ether oxygens (including phenoxy) is 1. The number of nitro benzene ring substituents is 1. The van der Waals surface area contributed by atoms with E-state index in [1.54, 1.807) is 12.1 Å². The minimum atomic E-state index is -0.458. The van der Waals surface area contributed by atoms with Crippen LogP contribution >= 0.6 is 0 Å². The number of rotatable bonds is 6. The summed E-state index contributed by atoms with van der Waals surface area (Å²) in [5, 5.41) is 27.9. The Bertz CT molecular complexity index is 744. The zero-order valence-corrected chi connectivity index (χ0v) is 13.4. The van der Waals surface area contributed by atoms with Crippen molar-refractivity contribution in [1.82, 2.24) is 9.78 Å². The summed E-state index contributed by atoms with van der Waals surface area (Å²) in [4.78, 5) is 10.5. The van der Waals surface area contributed by atoms with E-state index in [2.05, 4.69) is 10.4 Å². The molecule has 0 amide bonds. The summed E-state index contributed by atoms with van der Waals surface area (Å²) in [6.07, 6.45) is 4.75. The average Bonchev–Trinajstić information content (AvgIpc) is 2.99. The topological polar surface area (TPSA) is 102 Å². The molecule has 8 nitrogen and oxygen atoms in total. The Morgan fingerprint density at radius 2 is 2.38 bits per heavy atom. The molecule has 0 radical (unpaired) electrons. The van der Waals surface area contributed by atoms with Crippen LogP contribution in [0.15, 0.2) is 24.4 Å². The van der Waals surface area contributed by atoms with Crippen molar-refractivity contribution in [3.8, 4) is 5.75 Å². The number of hydrogen-bond donors (Lipinski definition) is 2. The number of aliphatic hydroxyl groups is 1. The molecule has 0 unspecified atom stereocenters. The van der Waals surface area contributed by atoms with Crippen LogP contribution in [0.2, 0.25) is 0 Å². The number of benzene rings is 1. The van der Waals surface area contributed by atoms with Gasteiger partial charge in [0.05, 0.1) is 37.4 Å². The van der Waals surface area contributed by atoms with Crippen LogP contribution in [0.3, 0.4) is 0 Å². The number of fused-ring (bicyclic) bond motifs is 1. The van der Waals surface area contributed by atoms with E-state index in [1.807, 2.05) is 10.9 Å². The third-order valence-corrected chi connectivity index (χ3v) is 4.29. The Labute approximate surface area is 139 Å². The molecule has 0 fully saturated rings. The first-order valence-corrected chi connectivity index (χ1v) is 7.88. The van der Waals surface area contributed by atoms with E-state index < -0.39 is 4.92 Å². The maximum Gasteiger partial charge on any atom is 0.311 e. The Morgan fingerprint density at radius 3 is 3.08 bits per heavy atom. The first-order chi connectivity index (χ1) is 11.6. The highest BCUT2D eigenvalue weighted by Crippen LogP contribution is 2.35. The quantitative estimate of drug-likeness (QED) is 0.621. The van der Waals surface area contributed by atoms with E-state index in [0.29, 0.717) is 6.54 Å². The molecule has 1 aromatic heterocycles. The van der Waals surface area contributed by atoms with Crippen molar-refractivity contribution in [2.45, 2.75) is 31.8 Å². The maximum absolute atomic E-state index is 11.0. The minimum Gasteiger partial charge on any atom is -0.490 e. The summed E-state index contributed by atoms with van der Waals surface area (Å²) in [6.45, 7) is 0.555. The number of aromatic nitrogens is 2. The average molecular weight is 332 g/mol. The van der Waals surface area contributed by atoms with Crippen molar-refractivity contribution < 1.29 is 14.8 Å². The van der Waals surface area contributed by atoms with Gasteiger partial charge in [0, 0.05) is 29.1 Å². The van der Waals surface area contributed by atoms with Gasteiger partial charge < -0.3 is 15.2 Å². The molecule has 1 atom stereocenters. The van der Waals surface area contributed by atoms with Gasteiger partial charge in [-0.1, -0.05) is 0 Å². The van der Waals surface area contributed by atoms with Gasteiger partial charge in [-0.2, -0.15) is 5.10 Å². The van der Waals surface area contributed by atoms with Crippen LogP contribution < -0.4 is 10.1 Å². The lowest BCUT2D eigenvalue weighted by Crippen LogP contribution is -2.19. The second kappa shape index (κ2) is 6.88. The lowest BCUT2D eigenvalue weighted by atomic mass is 9.92. The normalized spacial score (nSPS) is 16.5. The summed E-state index contributed by atoms with van der Waals surface area (Å²) >= 11 is 0. The van der Waals surface area contributed by atoms with Gasteiger partial charge in [0.15, 0.2) is 5.75 Å². The summed E-state index contributed by atoms with van der Waals surface area (Å²) in [5.41, 5.74) is 2.97. The fraction of sp³-hybridized carbons (Fsp3) is 0.438. The van der Waals surface area contributed by atoms with Gasteiger partial charge in [0.2, 0.25) is 0 Å². The molecule has 1 aromatic carbocycles. The van der Waals surface area contributed by atoms with Gasteiger partial charge in [-0.15, -0.1) is 0 Å². The van der Waals surface area contributed by atoms with Gasteiger partial charge in [0.25, 0.3) is 0 Å². The second-order valence-corrected chi connectivity index (χ2v) is 5.73. The van der Waals surface area contributed by atoms with Gasteiger partial charge >= 0.3 is 5.69 Å². The minimum absolute atomic E-state index is 0.0526. The van der Waals surface area contributed by atoms with Crippen LogP contribution in [0.4, 0.5) is 11.4 Å². The predicted octanol–water partition coefficient (Wildman–Crippen LogP) is 2.28. The number of hydrogen-bond acceptors (Lipinski definition) is 6. The molecule has 1 aliphatic carbocycles. The molecule has 8 heteroatoms. The molecule has 1 heterocycles. The van der Waals surface area contributed by atoms with Crippen LogP contribution in [-0.4, -0.2) is 33.5 Å². The fourth-order valence-corrected chi connectivity index (χ4v) is 3.18. The molecule has 0 bridgehead atoms. The molecule has 0 saturated carbocycles. The monoisotopic (exact) mass is 332 g/mol. The third kappa shape index (κ3) is 3.05. The molecule has 24 heavy (non-hydrogen) atoms. The van der Waals surface area contributed by atoms with Crippen molar-refractivity contribution in [3.63, 3.8) is 0 Å². The molecule has 2 N–H and O–H groups in total. The molecule has 0 spiro atoms. The molecule has 3 rings (SSSR count). The Kier molecular flexibility index (Phi) is 4.66. The van der Waals surface area contributed by atoms with Crippen molar-refractivity contribution >= 4 is 11.4 Å². The first-order valence-electron chi connectivity index (χ1n) is 7.88. The number of nitro groups is 1. The predicted molar refractivity (Wildman–Crippen MR) is 88.3 cm³/mol. The largest absolute Gasteiger partial charge is 0.490 e. The van der Waals surface area contributed by atoms with Crippen LogP contribution in [0.1, 0.15) is 30.1 Å². The Morgan fingerprint density at radius 1 is 1.54 bits per heavy atom. The molecule has 1 aliphatic rings. The lowest BCUT2D eigenvalue weighted by molar-refractivity contribution is -0.385. The zero-order chi connectivity index (χ0) is 17.1. The molecule has 0 aliphatic heterocycles. The number of nitrogens with zero attached hydrogens (tertiary/aromatic N) is 3. The summed E-state index contributed by atoms with van der Waals surface area (Å²) in [5.74, 6) is 0.233. The van der Waals surface area contributed by atoms with E-state index in [9.17, 15) is 10.1 Å². The van der Waals surface area contributed by atoms with Crippen molar-refractivity contribution in [2.24, 2.45) is 0 Å². The fourth-order valence-electron chi connectivity index (χ4n) is 3.18. The van der Waals surface area contributed by atoms with Gasteiger partial charge in [-0.3, -0.25) is 14.8 Å². The number of aliphatic hydroxyl groups excluding tert-OH is 1. The molecular formula is C16H20N4O4. The highest BCUT2D eigenvalue weighted by Gasteiger charge is 2.25. The lowest BCUT2D eigenvalue weighted by Gasteiger charge is -2.25. The Balaban J connectivity index is 1.84. The first kappa shape index (κ1) is 16.3. The second-order valence-electron chi connectivity index (χ2n) is 5.73. The van der Waals surface area contributed by atoms with Crippen LogP contribution in [0, 0.1) is 10.1 Å². The zero-order valence-electron chi connectivity index (χ0n) is 13.4. The maximum atomic E-state index is 11.0. The van der Waals surface area contributed by atoms with Crippen LogP contribution in [0.5, 0.6) is 5.75 Å². The van der Waals surface area contributed by atoms with Crippen molar-refractivity contribution in [1.29, 1.82) is 0 Å². The summed E-state index contributed by atoms with van der Waals surface area (Å²) in [6, 6.07) is 4.87. The SMILES string of the molecule is COc1cc(N[C@H]2CCCc3c2cnn3CCO)ccc1[N+](=O)[O-]. The van der Waals surface area contributed by atoms with E-state index in [0.717, 1.165) is 36.2 Å². The van der Waals surface area contributed by atoms with Crippen molar-refractivity contribution in [3.05, 3.63) is 45.8 Å². The Hall–Kier alpha value is -2.61. The van der Waals surface area contributed by atoms with Gasteiger partial charge in [-0.05, 0) is 25.3 Å². The highest BCUT2D eigenvalue weighted by molar-refractivity contribution is 5.58. The standard InChI is InChI=1S/C16H20N4O4/c1-24-16-9-11(5-6-15(16)20(22)23)18-13-3-2-4-14-12(13)10-17-19(14)7-8-21/h5-6,9-10,13,18,21H,2-4,7-8H2,1H3/t13-/m0/s1.